The van der Waals surface area contributed by atoms with Crippen molar-refractivity contribution in [2.45, 2.75) is 26.0 Å². The van der Waals surface area contributed by atoms with Gasteiger partial charge in [0, 0.05) is 10.9 Å². The Morgan fingerprint density at radius 2 is 2.22 bits per heavy atom. The lowest BCUT2D eigenvalue weighted by atomic mass is 10.1. The van der Waals surface area contributed by atoms with Crippen molar-refractivity contribution in [1.29, 1.82) is 0 Å². The molecule has 0 spiro atoms. The van der Waals surface area contributed by atoms with Gasteiger partial charge >= 0.3 is 0 Å². The zero-order valence-electron chi connectivity index (χ0n) is 10.2. The van der Waals surface area contributed by atoms with Crippen LogP contribution in [0.15, 0.2) is 35.7 Å². The fourth-order valence-corrected chi connectivity index (χ4v) is 2.32. The van der Waals surface area contributed by atoms with Crippen molar-refractivity contribution in [3.05, 3.63) is 52.0 Å². The Morgan fingerprint density at radius 1 is 1.39 bits per heavy atom. The van der Waals surface area contributed by atoms with Gasteiger partial charge in [0.2, 0.25) is 0 Å². The van der Waals surface area contributed by atoms with Crippen molar-refractivity contribution in [2.24, 2.45) is 5.73 Å². The van der Waals surface area contributed by atoms with Crippen molar-refractivity contribution >= 4 is 11.3 Å². The van der Waals surface area contributed by atoms with Crippen molar-refractivity contribution < 1.29 is 9.13 Å². The van der Waals surface area contributed by atoms with E-state index in [-0.39, 0.29) is 17.6 Å². The molecular formula is C14H16FNOS. The molecule has 2 N–H and O–H groups in total. The van der Waals surface area contributed by atoms with Gasteiger partial charge in [0.15, 0.2) is 11.6 Å². The Balaban J connectivity index is 2.01. The van der Waals surface area contributed by atoms with Gasteiger partial charge in [0.1, 0.15) is 6.61 Å². The summed E-state index contributed by atoms with van der Waals surface area (Å²) < 4.78 is 19.2. The molecule has 96 valence electrons. The maximum atomic E-state index is 13.8. The van der Waals surface area contributed by atoms with Crippen LogP contribution in [-0.2, 0) is 13.0 Å². The van der Waals surface area contributed by atoms with Crippen LogP contribution in [0.5, 0.6) is 5.75 Å². The van der Waals surface area contributed by atoms with Crippen molar-refractivity contribution in [3.63, 3.8) is 0 Å². The van der Waals surface area contributed by atoms with Crippen LogP contribution in [0.3, 0.4) is 0 Å². The Hall–Kier alpha value is -1.39. The molecule has 4 heteroatoms. The zero-order valence-corrected chi connectivity index (χ0v) is 11.0. The molecule has 18 heavy (non-hydrogen) atoms. The Kier molecular flexibility index (Phi) is 4.33. The average molecular weight is 265 g/mol. The molecule has 0 amide bonds. The molecule has 0 aliphatic rings. The van der Waals surface area contributed by atoms with E-state index in [2.05, 4.69) is 0 Å². The topological polar surface area (TPSA) is 35.2 Å². The molecule has 0 radical (unpaired) electrons. The van der Waals surface area contributed by atoms with Gasteiger partial charge in [0.25, 0.3) is 0 Å². The van der Waals surface area contributed by atoms with E-state index in [1.54, 1.807) is 17.4 Å². The van der Waals surface area contributed by atoms with Crippen LogP contribution in [-0.4, -0.2) is 6.04 Å². The summed E-state index contributed by atoms with van der Waals surface area (Å²) in [6.45, 7) is 2.31. The van der Waals surface area contributed by atoms with Gasteiger partial charge in [-0.25, -0.2) is 4.39 Å². The molecule has 2 nitrogen and oxygen atoms in total. The summed E-state index contributed by atoms with van der Waals surface area (Å²) >= 11 is 1.60. The molecule has 0 aliphatic carbocycles. The normalized spacial score (nSPS) is 12.4. The highest BCUT2D eigenvalue weighted by Gasteiger charge is 2.06. The van der Waals surface area contributed by atoms with Crippen molar-refractivity contribution in [1.82, 2.24) is 0 Å². The first kappa shape index (κ1) is 13.1. The summed E-state index contributed by atoms with van der Waals surface area (Å²) in [5.41, 5.74) is 6.58. The number of ether oxygens (including phenoxy) is 1. The summed E-state index contributed by atoms with van der Waals surface area (Å²) in [5.74, 6) is -0.0402. The van der Waals surface area contributed by atoms with Crippen LogP contribution >= 0.6 is 11.3 Å². The SMILES string of the molecule is CC(N)Cc1ccc(OCc2cccs2)c(F)c1. The molecule has 2 aromatic rings. The van der Waals surface area contributed by atoms with Crippen LogP contribution < -0.4 is 10.5 Å². The highest BCUT2D eigenvalue weighted by Crippen LogP contribution is 2.21. The Labute approximate surface area is 110 Å². The van der Waals surface area contributed by atoms with E-state index in [1.165, 1.54) is 6.07 Å². The fraction of sp³-hybridized carbons (Fsp3) is 0.286. The number of halogens is 1. The summed E-state index contributed by atoms with van der Waals surface area (Å²) in [6, 6.07) is 8.96. The van der Waals surface area contributed by atoms with E-state index >= 15 is 0 Å². The van der Waals surface area contributed by atoms with Crippen LogP contribution in [0.2, 0.25) is 0 Å². The van der Waals surface area contributed by atoms with E-state index in [4.69, 9.17) is 10.5 Å². The third kappa shape index (κ3) is 3.55. The minimum absolute atomic E-state index is 0.0299. The first-order chi connectivity index (χ1) is 8.65. The lowest BCUT2D eigenvalue weighted by Gasteiger charge is -2.09. The lowest BCUT2D eigenvalue weighted by Crippen LogP contribution is -2.17. The molecule has 2 rings (SSSR count). The number of benzene rings is 1. The molecule has 1 unspecified atom stereocenters. The van der Waals surface area contributed by atoms with E-state index in [0.717, 1.165) is 10.4 Å². The Bertz CT molecular complexity index is 497. The Morgan fingerprint density at radius 3 is 2.83 bits per heavy atom. The number of rotatable bonds is 5. The van der Waals surface area contributed by atoms with Crippen molar-refractivity contribution in [2.75, 3.05) is 0 Å². The third-order valence-electron chi connectivity index (χ3n) is 2.50. The molecule has 0 aliphatic heterocycles. The second-order valence-corrected chi connectivity index (χ2v) is 5.35. The molecule has 1 aromatic heterocycles. The van der Waals surface area contributed by atoms with E-state index in [1.807, 2.05) is 30.5 Å². The molecule has 0 bridgehead atoms. The molecule has 0 saturated carbocycles. The maximum Gasteiger partial charge on any atom is 0.165 e. The number of thiophene rings is 1. The van der Waals surface area contributed by atoms with Gasteiger partial charge in [-0.05, 0) is 42.5 Å². The first-order valence-corrected chi connectivity index (χ1v) is 6.72. The number of hydrogen-bond donors (Lipinski definition) is 1. The van der Waals surface area contributed by atoms with Gasteiger partial charge in [0.05, 0.1) is 0 Å². The maximum absolute atomic E-state index is 13.8. The largest absolute Gasteiger partial charge is 0.485 e. The minimum Gasteiger partial charge on any atom is -0.485 e. The molecule has 0 fully saturated rings. The van der Waals surface area contributed by atoms with Gasteiger partial charge < -0.3 is 10.5 Å². The van der Waals surface area contributed by atoms with Crippen molar-refractivity contribution in [3.8, 4) is 5.75 Å². The molecule has 1 atom stereocenters. The average Bonchev–Trinajstić information content (AvgIpc) is 2.80. The van der Waals surface area contributed by atoms with Gasteiger partial charge in [-0.2, -0.15) is 0 Å². The van der Waals surface area contributed by atoms with Crippen LogP contribution in [0, 0.1) is 5.82 Å². The van der Waals surface area contributed by atoms with E-state index < -0.39 is 0 Å². The van der Waals surface area contributed by atoms with Gasteiger partial charge in [-0.3, -0.25) is 0 Å². The lowest BCUT2D eigenvalue weighted by molar-refractivity contribution is 0.293. The molecule has 0 saturated heterocycles. The first-order valence-electron chi connectivity index (χ1n) is 5.84. The number of hydrogen-bond acceptors (Lipinski definition) is 3. The summed E-state index contributed by atoms with van der Waals surface area (Å²) in [4.78, 5) is 1.08. The van der Waals surface area contributed by atoms with Crippen LogP contribution in [0.25, 0.3) is 0 Å². The summed E-state index contributed by atoms with van der Waals surface area (Å²) in [7, 11) is 0. The predicted octanol–water partition coefficient (Wildman–Crippen LogP) is 3.36. The highest BCUT2D eigenvalue weighted by atomic mass is 32.1. The van der Waals surface area contributed by atoms with Gasteiger partial charge in [-0.15, -0.1) is 11.3 Å². The van der Waals surface area contributed by atoms with Crippen LogP contribution in [0.1, 0.15) is 17.4 Å². The zero-order chi connectivity index (χ0) is 13.0. The fourth-order valence-electron chi connectivity index (χ4n) is 1.70. The smallest absolute Gasteiger partial charge is 0.165 e. The second kappa shape index (κ2) is 5.98. The molecule has 1 aromatic carbocycles. The second-order valence-electron chi connectivity index (χ2n) is 4.31. The third-order valence-corrected chi connectivity index (χ3v) is 3.35. The summed E-state index contributed by atoms with van der Waals surface area (Å²) in [5, 5.41) is 1.97. The quantitative estimate of drug-likeness (QED) is 0.899. The van der Waals surface area contributed by atoms with Crippen LogP contribution in [0.4, 0.5) is 4.39 Å². The molecule has 1 heterocycles. The monoisotopic (exact) mass is 265 g/mol. The van der Waals surface area contributed by atoms with E-state index in [0.29, 0.717) is 13.0 Å². The van der Waals surface area contributed by atoms with E-state index in [9.17, 15) is 4.39 Å². The summed E-state index contributed by atoms with van der Waals surface area (Å²) in [6.07, 6.45) is 0.669. The molecular weight excluding hydrogens is 249 g/mol. The number of nitrogens with two attached hydrogens (primary N) is 1. The predicted molar refractivity (Wildman–Crippen MR) is 72.4 cm³/mol. The standard InChI is InChI=1S/C14H16FNOS/c1-10(16)7-11-4-5-14(13(15)8-11)17-9-12-3-2-6-18-12/h2-6,8,10H,7,9,16H2,1H3. The highest BCUT2D eigenvalue weighted by molar-refractivity contribution is 7.09. The van der Waals surface area contributed by atoms with Gasteiger partial charge in [-0.1, -0.05) is 12.1 Å². The minimum atomic E-state index is -0.329.